The van der Waals surface area contributed by atoms with Crippen molar-refractivity contribution in [1.29, 1.82) is 0 Å². The standard InChI is InChI=1S/C80H52N4/c1-5-15-63(16-6-1)79(64-17-7-2-8-18-64)71-49-59(55-29-25-53(26-30-55)57-41-45-81-46-42-57)33-37-67(71)69-39-35-61(51-73(69)79)77-78(84-76-24-14-13-23-75(76)83-77)62-36-40-70-68-38-34-60(56-31-27-54(28-32-56)58-43-47-82-48-44-58)50-72(68)80(74(70)52-62,65-19-9-3-10-20-65)66-21-11-4-12-22-66/h1-52H. The van der Waals surface area contributed by atoms with Gasteiger partial charge in [-0.1, -0.05) is 231 Å². The lowest BCUT2D eigenvalue weighted by molar-refractivity contribution is 0.769. The van der Waals surface area contributed by atoms with Gasteiger partial charge in [-0.05, 0) is 172 Å². The van der Waals surface area contributed by atoms with E-state index in [-0.39, 0.29) is 0 Å². The molecule has 84 heavy (non-hydrogen) atoms. The molecule has 14 aromatic rings. The van der Waals surface area contributed by atoms with Gasteiger partial charge in [0.15, 0.2) is 0 Å². The highest BCUT2D eigenvalue weighted by atomic mass is 14.8. The molecule has 2 aliphatic rings. The minimum absolute atomic E-state index is 0.675. The SMILES string of the molecule is c1ccc(C2(c3ccccc3)c3cc(-c4ccc(-c5ccncc5)cc4)ccc3-c3ccc(-c4nc5ccccc5nc4-c4ccc5c(c4)C(c4ccccc4)(c4ccccc4)c4cc(-c6ccc(-c7ccncc7)cc6)ccc4-5)cc32)cc1. The maximum absolute atomic E-state index is 5.66. The van der Waals surface area contributed by atoms with Crippen LogP contribution < -0.4 is 0 Å². The van der Waals surface area contributed by atoms with Crippen LogP contribution in [0.5, 0.6) is 0 Å². The Kier molecular flexibility index (Phi) is 11.6. The van der Waals surface area contributed by atoms with Crippen molar-refractivity contribution < 1.29 is 0 Å². The molecule has 0 spiro atoms. The van der Waals surface area contributed by atoms with Gasteiger partial charge in [-0.25, -0.2) is 9.97 Å². The fraction of sp³-hybridized carbons (Fsp3) is 0.0250. The van der Waals surface area contributed by atoms with E-state index in [9.17, 15) is 0 Å². The van der Waals surface area contributed by atoms with Crippen LogP contribution in [0.15, 0.2) is 316 Å². The molecule has 0 bridgehead atoms. The van der Waals surface area contributed by atoms with Gasteiger partial charge < -0.3 is 0 Å². The molecule has 0 unspecified atom stereocenters. The van der Waals surface area contributed by atoms with Crippen LogP contribution >= 0.6 is 0 Å². The number of hydrogen-bond donors (Lipinski definition) is 0. The summed E-state index contributed by atoms with van der Waals surface area (Å²) < 4.78 is 0. The van der Waals surface area contributed by atoms with Gasteiger partial charge in [0.25, 0.3) is 0 Å². The summed E-state index contributed by atoms with van der Waals surface area (Å²) in [6.07, 6.45) is 7.40. The molecule has 3 heterocycles. The quantitative estimate of drug-likeness (QED) is 0.137. The Morgan fingerprint density at radius 2 is 0.440 bits per heavy atom. The summed E-state index contributed by atoms with van der Waals surface area (Å²) in [5.41, 5.74) is 27.8. The van der Waals surface area contributed by atoms with Crippen LogP contribution in [0.4, 0.5) is 0 Å². The second-order valence-electron chi connectivity index (χ2n) is 22.0. The molecule has 0 saturated heterocycles. The monoisotopic (exact) mass is 1070 g/mol. The predicted octanol–water partition coefficient (Wildman–Crippen LogP) is 19.1. The Bertz CT molecular complexity index is 4390. The second kappa shape index (κ2) is 19.9. The second-order valence-corrected chi connectivity index (χ2v) is 22.0. The Hall–Kier alpha value is -10.9. The predicted molar refractivity (Wildman–Crippen MR) is 342 cm³/mol. The average molecular weight is 1070 g/mol. The number of aromatic nitrogens is 4. The van der Waals surface area contributed by atoms with E-state index in [0.717, 1.165) is 78.1 Å². The maximum atomic E-state index is 5.66. The van der Waals surface area contributed by atoms with Gasteiger partial charge >= 0.3 is 0 Å². The van der Waals surface area contributed by atoms with E-state index in [1.165, 1.54) is 66.8 Å². The van der Waals surface area contributed by atoms with Gasteiger partial charge in [-0.15, -0.1) is 0 Å². The summed E-state index contributed by atoms with van der Waals surface area (Å²) in [7, 11) is 0. The lowest BCUT2D eigenvalue weighted by Gasteiger charge is -2.34. The molecular formula is C80H52N4. The number of fused-ring (bicyclic) bond motifs is 7. The summed E-state index contributed by atoms with van der Waals surface area (Å²) >= 11 is 0. The first kappa shape index (κ1) is 48.9. The van der Waals surface area contributed by atoms with E-state index in [0.29, 0.717) is 0 Å². The van der Waals surface area contributed by atoms with Gasteiger partial charge in [0.1, 0.15) is 0 Å². The molecule has 2 aliphatic carbocycles. The Morgan fingerprint density at radius 1 is 0.202 bits per heavy atom. The first-order valence-electron chi connectivity index (χ1n) is 28.7. The number of pyridine rings is 2. The van der Waals surface area contributed by atoms with E-state index in [1.54, 1.807) is 0 Å². The zero-order valence-electron chi connectivity index (χ0n) is 45.8. The third-order valence-corrected chi connectivity index (χ3v) is 17.7. The third kappa shape index (κ3) is 7.76. The molecule has 0 aliphatic heterocycles. The van der Waals surface area contributed by atoms with Crippen molar-refractivity contribution in [3.63, 3.8) is 0 Å². The first-order valence-corrected chi connectivity index (χ1v) is 28.7. The van der Waals surface area contributed by atoms with Gasteiger partial charge in [0, 0.05) is 35.9 Å². The lowest BCUT2D eigenvalue weighted by atomic mass is 9.67. The van der Waals surface area contributed by atoms with Crippen molar-refractivity contribution in [2.24, 2.45) is 0 Å². The molecule has 0 atom stereocenters. The molecule has 0 fully saturated rings. The Morgan fingerprint density at radius 3 is 0.750 bits per heavy atom. The minimum Gasteiger partial charge on any atom is -0.265 e. The number of nitrogens with zero attached hydrogens (tertiary/aromatic N) is 4. The zero-order chi connectivity index (χ0) is 55.6. The molecule has 0 radical (unpaired) electrons. The maximum Gasteiger partial charge on any atom is 0.0973 e. The molecule has 0 saturated carbocycles. The van der Waals surface area contributed by atoms with Crippen LogP contribution in [-0.4, -0.2) is 19.9 Å². The minimum atomic E-state index is -0.675. The largest absolute Gasteiger partial charge is 0.265 e. The molecule has 392 valence electrons. The van der Waals surface area contributed by atoms with Crippen LogP contribution in [0.3, 0.4) is 0 Å². The van der Waals surface area contributed by atoms with Crippen molar-refractivity contribution >= 4 is 11.0 Å². The van der Waals surface area contributed by atoms with Crippen molar-refractivity contribution in [3.05, 3.63) is 360 Å². The summed E-state index contributed by atoms with van der Waals surface area (Å²) in [6, 6.07) is 107. The van der Waals surface area contributed by atoms with Gasteiger partial charge in [0.05, 0.1) is 33.3 Å². The molecular weight excluding hydrogens is 1020 g/mol. The number of para-hydroxylation sites is 2. The molecule has 3 aromatic heterocycles. The van der Waals surface area contributed by atoms with Gasteiger partial charge in [-0.2, -0.15) is 0 Å². The van der Waals surface area contributed by atoms with Crippen LogP contribution in [0.25, 0.3) is 100 Å². The van der Waals surface area contributed by atoms with E-state index in [2.05, 4.69) is 301 Å². The number of benzene rings is 11. The molecule has 4 nitrogen and oxygen atoms in total. The molecule has 0 N–H and O–H groups in total. The summed E-state index contributed by atoms with van der Waals surface area (Å²) in [4.78, 5) is 19.8. The Balaban J connectivity index is 0.888. The van der Waals surface area contributed by atoms with Crippen LogP contribution in [0.1, 0.15) is 44.5 Å². The van der Waals surface area contributed by atoms with Crippen LogP contribution in [0.2, 0.25) is 0 Å². The van der Waals surface area contributed by atoms with Crippen molar-refractivity contribution in [1.82, 2.24) is 19.9 Å². The highest BCUT2D eigenvalue weighted by molar-refractivity contribution is 5.95. The van der Waals surface area contributed by atoms with Crippen LogP contribution in [0, 0.1) is 0 Å². The summed E-state index contributed by atoms with van der Waals surface area (Å²) in [5.74, 6) is 0. The summed E-state index contributed by atoms with van der Waals surface area (Å²) in [6.45, 7) is 0. The molecule has 16 rings (SSSR count). The third-order valence-electron chi connectivity index (χ3n) is 17.7. The fourth-order valence-corrected chi connectivity index (χ4v) is 13.8. The van der Waals surface area contributed by atoms with Crippen LogP contribution in [-0.2, 0) is 10.8 Å². The fourth-order valence-electron chi connectivity index (χ4n) is 13.8. The van der Waals surface area contributed by atoms with Gasteiger partial charge in [0.2, 0.25) is 0 Å². The van der Waals surface area contributed by atoms with Gasteiger partial charge in [-0.3, -0.25) is 9.97 Å². The lowest BCUT2D eigenvalue weighted by Crippen LogP contribution is -2.28. The van der Waals surface area contributed by atoms with E-state index < -0.39 is 10.8 Å². The molecule has 0 amide bonds. The first-order chi connectivity index (χ1) is 41.6. The number of hydrogen-bond acceptors (Lipinski definition) is 4. The van der Waals surface area contributed by atoms with Crippen molar-refractivity contribution in [2.75, 3.05) is 0 Å². The average Bonchev–Trinajstić information content (AvgIpc) is 1.61. The Labute approximate surface area is 488 Å². The summed E-state index contributed by atoms with van der Waals surface area (Å²) in [5, 5.41) is 0. The zero-order valence-corrected chi connectivity index (χ0v) is 45.8. The van der Waals surface area contributed by atoms with E-state index in [1.807, 2.05) is 24.8 Å². The van der Waals surface area contributed by atoms with Crippen molar-refractivity contribution in [2.45, 2.75) is 10.8 Å². The van der Waals surface area contributed by atoms with E-state index in [4.69, 9.17) is 9.97 Å². The topological polar surface area (TPSA) is 51.6 Å². The molecule has 4 heteroatoms. The van der Waals surface area contributed by atoms with E-state index >= 15 is 0 Å². The highest BCUT2D eigenvalue weighted by Gasteiger charge is 2.48. The number of rotatable bonds is 10. The highest BCUT2D eigenvalue weighted by Crippen LogP contribution is 2.60. The van der Waals surface area contributed by atoms with Crippen molar-refractivity contribution in [3.8, 4) is 89.3 Å². The smallest absolute Gasteiger partial charge is 0.0973 e. The normalized spacial score (nSPS) is 13.2. The molecule has 11 aromatic carbocycles.